The lowest BCUT2D eigenvalue weighted by molar-refractivity contribution is 0.0635. The van der Waals surface area contributed by atoms with Crippen LogP contribution in [-0.4, -0.2) is 29.3 Å². The smallest absolute Gasteiger partial charge is 0.412 e. The SMILES string of the molecule is CC(C)(C)OC(=O)Nc1ccc(O)c(C(=O)NCCc2ccc(Cl)cc2)c1. The molecular weight excluding hydrogens is 368 g/mol. The number of carbonyl (C=O) groups is 2. The normalized spacial score (nSPS) is 11.0. The van der Waals surface area contributed by atoms with Crippen molar-refractivity contribution in [2.75, 3.05) is 11.9 Å². The van der Waals surface area contributed by atoms with Gasteiger partial charge >= 0.3 is 6.09 Å². The Morgan fingerprint density at radius 1 is 1.11 bits per heavy atom. The van der Waals surface area contributed by atoms with Crippen molar-refractivity contribution in [3.8, 4) is 5.75 Å². The van der Waals surface area contributed by atoms with Crippen LogP contribution >= 0.6 is 11.6 Å². The van der Waals surface area contributed by atoms with Crippen LogP contribution in [0.2, 0.25) is 5.02 Å². The van der Waals surface area contributed by atoms with Gasteiger partial charge in [-0.15, -0.1) is 0 Å². The number of anilines is 1. The van der Waals surface area contributed by atoms with Gasteiger partial charge in [0.15, 0.2) is 0 Å². The van der Waals surface area contributed by atoms with Crippen LogP contribution in [0.25, 0.3) is 0 Å². The van der Waals surface area contributed by atoms with Crippen LogP contribution in [0.4, 0.5) is 10.5 Å². The first-order valence-electron chi connectivity index (χ1n) is 8.50. The Morgan fingerprint density at radius 2 is 1.78 bits per heavy atom. The third-order valence-electron chi connectivity index (χ3n) is 3.50. The predicted octanol–water partition coefficient (Wildman–Crippen LogP) is 4.37. The summed E-state index contributed by atoms with van der Waals surface area (Å²) in [5.41, 5.74) is 0.817. The van der Waals surface area contributed by atoms with E-state index in [1.807, 2.05) is 12.1 Å². The van der Waals surface area contributed by atoms with Crippen molar-refractivity contribution in [1.29, 1.82) is 0 Å². The summed E-state index contributed by atoms with van der Waals surface area (Å²) in [7, 11) is 0. The van der Waals surface area contributed by atoms with Gasteiger partial charge in [-0.25, -0.2) is 4.79 Å². The standard InChI is InChI=1S/C20H23ClN2O4/c1-20(2,3)27-19(26)23-15-8-9-17(24)16(12-15)18(25)22-11-10-13-4-6-14(21)7-5-13/h4-9,12,24H,10-11H2,1-3H3,(H,22,25)(H,23,26). The van der Waals surface area contributed by atoms with Gasteiger partial charge in [0.1, 0.15) is 11.4 Å². The number of aromatic hydroxyl groups is 1. The number of rotatable bonds is 5. The number of amides is 2. The van der Waals surface area contributed by atoms with Gasteiger partial charge in [0, 0.05) is 17.3 Å². The lowest BCUT2D eigenvalue weighted by Gasteiger charge is -2.19. The van der Waals surface area contributed by atoms with Crippen LogP contribution in [0.3, 0.4) is 0 Å². The number of benzene rings is 2. The Labute approximate surface area is 163 Å². The van der Waals surface area contributed by atoms with E-state index in [-0.39, 0.29) is 11.3 Å². The molecule has 2 amide bonds. The van der Waals surface area contributed by atoms with E-state index in [9.17, 15) is 14.7 Å². The second-order valence-electron chi connectivity index (χ2n) is 6.99. The molecule has 0 aliphatic heterocycles. The molecule has 0 fully saturated rings. The molecule has 144 valence electrons. The fraction of sp³-hybridized carbons (Fsp3) is 0.300. The van der Waals surface area contributed by atoms with Crippen LogP contribution in [0.15, 0.2) is 42.5 Å². The summed E-state index contributed by atoms with van der Waals surface area (Å²) in [5.74, 6) is -0.608. The van der Waals surface area contributed by atoms with E-state index in [0.29, 0.717) is 23.7 Å². The van der Waals surface area contributed by atoms with E-state index in [1.54, 1.807) is 32.9 Å². The Hall–Kier alpha value is -2.73. The molecule has 0 radical (unpaired) electrons. The Morgan fingerprint density at radius 3 is 2.41 bits per heavy atom. The molecule has 2 rings (SSSR count). The minimum absolute atomic E-state index is 0.0691. The van der Waals surface area contributed by atoms with Gasteiger partial charge in [-0.05, 0) is 63.1 Å². The maximum atomic E-state index is 12.3. The molecule has 2 aromatic carbocycles. The van der Waals surface area contributed by atoms with E-state index in [4.69, 9.17) is 16.3 Å². The van der Waals surface area contributed by atoms with Crippen LogP contribution in [0.1, 0.15) is 36.7 Å². The second-order valence-corrected chi connectivity index (χ2v) is 7.43. The molecule has 2 aromatic rings. The highest BCUT2D eigenvalue weighted by Crippen LogP contribution is 2.22. The monoisotopic (exact) mass is 390 g/mol. The lowest BCUT2D eigenvalue weighted by atomic mass is 10.1. The van der Waals surface area contributed by atoms with Crippen molar-refractivity contribution in [2.45, 2.75) is 32.8 Å². The number of phenolic OH excluding ortho intramolecular Hbond substituents is 1. The molecule has 0 heterocycles. The number of halogens is 1. The molecule has 3 N–H and O–H groups in total. The molecule has 27 heavy (non-hydrogen) atoms. The highest BCUT2D eigenvalue weighted by molar-refractivity contribution is 6.30. The fourth-order valence-electron chi connectivity index (χ4n) is 2.28. The number of carbonyl (C=O) groups excluding carboxylic acids is 2. The van der Waals surface area contributed by atoms with Crippen LogP contribution < -0.4 is 10.6 Å². The summed E-state index contributed by atoms with van der Waals surface area (Å²) >= 11 is 5.84. The maximum Gasteiger partial charge on any atom is 0.412 e. The van der Waals surface area contributed by atoms with Gasteiger partial charge in [0.25, 0.3) is 5.91 Å². The number of ether oxygens (including phenoxy) is 1. The van der Waals surface area contributed by atoms with Gasteiger partial charge in [-0.1, -0.05) is 23.7 Å². The minimum Gasteiger partial charge on any atom is -0.507 e. The zero-order valence-electron chi connectivity index (χ0n) is 15.5. The summed E-state index contributed by atoms with van der Waals surface area (Å²) in [6, 6.07) is 11.6. The average Bonchev–Trinajstić information content (AvgIpc) is 2.56. The fourth-order valence-corrected chi connectivity index (χ4v) is 2.41. The van der Waals surface area contributed by atoms with Gasteiger partial charge in [0.2, 0.25) is 0 Å². The highest BCUT2D eigenvalue weighted by Gasteiger charge is 2.17. The zero-order chi connectivity index (χ0) is 20.0. The van der Waals surface area contributed by atoms with Crippen molar-refractivity contribution < 1.29 is 19.4 Å². The van der Waals surface area contributed by atoms with Crippen molar-refractivity contribution in [3.05, 3.63) is 58.6 Å². The number of nitrogens with one attached hydrogen (secondary N) is 2. The molecule has 7 heteroatoms. The molecule has 6 nitrogen and oxygen atoms in total. The van der Waals surface area contributed by atoms with Crippen LogP contribution in [0, 0.1) is 0 Å². The molecule has 0 atom stereocenters. The van der Waals surface area contributed by atoms with E-state index < -0.39 is 17.6 Å². The molecule has 0 aromatic heterocycles. The second kappa shape index (κ2) is 8.77. The first-order chi connectivity index (χ1) is 12.6. The molecule has 0 spiro atoms. The topological polar surface area (TPSA) is 87.7 Å². The number of hydrogen-bond acceptors (Lipinski definition) is 4. The predicted molar refractivity (Wildman–Crippen MR) is 105 cm³/mol. The summed E-state index contributed by atoms with van der Waals surface area (Å²) in [5, 5.41) is 15.9. The quantitative estimate of drug-likeness (QED) is 0.661. The van der Waals surface area contributed by atoms with E-state index in [0.717, 1.165) is 5.56 Å². The van der Waals surface area contributed by atoms with Gasteiger partial charge in [-0.3, -0.25) is 10.1 Å². The molecular formula is C20H23ClN2O4. The van der Waals surface area contributed by atoms with Gasteiger partial charge in [-0.2, -0.15) is 0 Å². The Balaban J connectivity index is 1.96. The molecule has 0 saturated heterocycles. The van der Waals surface area contributed by atoms with E-state index >= 15 is 0 Å². The van der Waals surface area contributed by atoms with Gasteiger partial charge < -0.3 is 15.2 Å². The van der Waals surface area contributed by atoms with E-state index in [1.165, 1.54) is 18.2 Å². The van der Waals surface area contributed by atoms with Crippen LogP contribution in [-0.2, 0) is 11.2 Å². The highest BCUT2D eigenvalue weighted by atomic mass is 35.5. The van der Waals surface area contributed by atoms with Gasteiger partial charge in [0.05, 0.1) is 5.56 Å². The Bertz CT molecular complexity index is 814. The largest absolute Gasteiger partial charge is 0.507 e. The average molecular weight is 391 g/mol. The van der Waals surface area contributed by atoms with Crippen molar-refractivity contribution in [3.63, 3.8) is 0 Å². The third-order valence-corrected chi connectivity index (χ3v) is 3.75. The first-order valence-corrected chi connectivity index (χ1v) is 8.87. The minimum atomic E-state index is -0.637. The molecule has 0 aliphatic carbocycles. The number of phenols is 1. The van der Waals surface area contributed by atoms with Crippen LogP contribution in [0.5, 0.6) is 5.75 Å². The summed E-state index contributed by atoms with van der Waals surface area (Å²) in [6.45, 7) is 5.65. The molecule has 0 aliphatic rings. The van der Waals surface area contributed by atoms with Crippen molar-refractivity contribution in [1.82, 2.24) is 5.32 Å². The summed E-state index contributed by atoms with van der Waals surface area (Å²) in [4.78, 5) is 24.2. The third kappa shape index (κ3) is 6.83. The maximum absolute atomic E-state index is 12.3. The summed E-state index contributed by atoms with van der Waals surface area (Å²) < 4.78 is 5.17. The lowest BCUT2D eigenvalue weighted by Crippen LogP contribution is -2.28. The van der Waals surface area contributed by atoms with Crippen molar-refractivity contribution >= 4 is 29.3 Å². The number of hydrogen-bond donors (Lipinski definition) is 3. The zero-order valence-corrected chi connectivity index (χ0v) is 16.3. The van der Waals surface area contributed by atoms with Crippen molar-refractivity contribution in [2.24, 2.45) is 0 Å². The molecule has 0 unspecified atom stereocenters. The van der Waals surface area contributed by atoms with E-state index in [2.05, 4.69) is 10.6 Å². The Kier molecular flexibility index (Phi) is 6.69. The summed E-state index contributed by atoms with van der Waals surface area (Å²) in [6.07, 6.45) is -0.0122. The first kappa shape index (κ1) is 20.6. The molecule has 0 bridgehead atoms. The molecule has 0 saturated carbocycles.